The van der Waals surface area contributed by atoms with Crippen LogP contribution in [0.25, 0.3) is 10.9 Å². The van der Waals surface area contributed by atoms with Crippen molar-refractivity contribution in [3.05, 3.63) is 60.2 Å². The van der Waals surface area contributed by atoms with Gasteiger partial charge in [-0.3, -0.25) is 4.79 Å². The summed E-state index contributed by atoms with van der Waals surface area (Å²) in [6.45, 7) is 0. The van der Waals surface area contributed by atoms with E-state index < -0.39 is 0 Å². The fourth-order valence-electron chi connectivity index (χ4n) is 1.98. The summed E-state index contributed by atoms with van der Waals surface area (Å²) in [6.07, 6.45) is 0. The third-order valence-electron chi connectivity index (χ3n) is 2.90. The normalized spacial score (nSPS) is 10.5. The van der Waals surface area contributed by atoms with Crippen LogP contribution in [0, 0.1) is 0 Å². The molecule has 0 radical (unpaired) electrons. The van der Waals surface area contributed by atoms with Gasteiger partial charge in [0.1, 0.15) is 0 Å². The lowest BCUT2D eigenvalue weighted by Crippen LogP contribution is -2.11. The Bertz CT molecular complexity index is 732. The third-order valence-corrected chi connectivity index (χ3v) is 2.90. The zero-order valence-electron chi connectivity index (χ0n) is 10.1. The number of carbonyl (C=O) groups excluding carboxylic acids is 1. The molecule has 0 saturated carbocycles. The standard InChI is InChI=1S/C15H12N2O2/c18-14-8-11-6-7-12(9-13(11)17-14)16-15(19)10-4-2-1-3-5-10/h1-9,17-18H,(H,16,19). The van der Waals surface area contributed by atoms with Gasteiger partial charge in [-0.2, -0.15) is 0 Å². The second-order valence-corrected chi connectivity index (χ2v) is 4.28. The second-order valence-electron chi connectivity index (χ2n) is 4.28. The van der Waals surface area contributed by atoms with Gasteiger partial charge in [0.25, 0.3) is 5.91 Å². The molecule has 4 nitrogen and oxygen atoms in total. The van der Waals surface area contributed by atoms with E-state index in [1.54, 1.807) is 30.3 Å². The van der Waals surface area contributed by atoms with Crippen molar-refractivity contribution in [3.63, 3.8) is 0 Å². The number of benzene rings is 2. The molecular formula is C15H12N2O2. The van der Waals surface area contributed by atoms with Crippen molar-refractivity contribution < 1.29 is 9.90 Å². The maximum absolute atomic E-state index is 12.0. The minimum absolute atomic E-state index is 0.113. The summed E-state index contributed by atoms with van der Waals surface area (Å²) in [4.78, 5) is 14.8. The second kappa shape index (κ2) is 4.49. The lowest BCUT2D eigenvalue weighted by molar-refractivity contribution is 0.102. The summed E-state index contributed by atoms with van der Waals surface area (Å²) in [7, 11) is 0. The van der Waals surface area contributed by atoms with E-state index in [4.69, 9.17) is 0 Å². The number of amides is 1. The quantitative estimate of drug-likeness (QED) is 0.656. The molecule has 0 fully saturated rings. The maximum Gasteiger partial charge on any atom is 0.255 e. The highest BCUT2D eigenvalue weighted by Gasteiger charge is 2.06. The fraction of sp³-hybridized carbons (Fsp3) is 0. The molecule has 0 atom stereocenters. The van der Waals surface area contributed by atoms with Crippen LogP contribution in [0.2, 0.25) is 0 Å². The number of hydrogen-bond donors (Lipinski definition) is 3. The average Bonchev–Trinajstić information content (AvgIpc) is 2.79. The molecule has 3 N–H and O–H groups in total. The van der Waals surface area contributed by atoms with E-state index in [2.05, 4.69) is 10.3 Å². The number of fused-ring (bicyclic) bond motifs is 1. The number of aromatic hydroxyl groups is 1. The molecular weight excluding hydrogens is 240 g/mol. The first-order valence-corrected chi connectivity index (χ1v) is 5.90. The Morgan fingerprint density at radius 3 is 2.63 bits per heavy atom. The predicted molar refractivity (Wildman–Crippen MR) is 74.4 cm³/mol. The molecule has 0 bridgehead atoms. The number of hydrogen-bond acceptors (Lipinski definition) is 2. The number of aromatic nitrogens is 1. The molecule has 0 aliphatic rings. The summed E-state index contributed by atoms with van der Waals surface area (Å²) in [5.74, 6) is -0.0442. The Morgan fingerprint density at radius 1 is 1.05 bits per heavy atom. The molecule has 19 heavy (non-hydrogen) atoms. The Kier molecular flexibility index (Phi) is 2.68. The Balaban J connectivity index is 1.87. The minimum atomic E-state index is -0.157. The van der Waals surface area contributed by atoms with Crippen LogP contribution < -0.4 is 5.32 Å². The molecule has 1 amide bonds. The van der Waals surface area contributed by atoms with Crippen molar-refractivity contribution in [2.75, 3.05) is 5.32 Å². The van der Waals surface area contributed by atoms with Crippen molar-refractivity contribution in [1.82, 2.24) is 4.98 Å². The molecule has 2 aromatic carbocycles. The first-order valence-electron chi connectivity index (χ1n) is 5.90. The number of anilines is 1. The molecule has 1 aromatic heterocycles. The van der Waals surface area contributed by atoms with Crippen molar-refractivity contribution in [2.24, 2.45) is 0 Å². The van der Waals surface area contributed by atoms with Crippen LogP contribution in [-0.4, -0.2) is 16.0 Å². The average molecular weight is 252 g/mol. The van der Waals surface area contributed by atoms with E-state index in [0.29, 0.717) is 11.3 Å². The SMILES string of the molecule is O=C(Nc1ccc2cc(O)[nH]c2c1)c1ccccc1. The molecule has 1 heterocycles. The molecule has 0 aliphatic carbocycles. The first kappa shape index (κ1) is 11.3. The largest absolute Gasteiger partial charge is 0.495 e. The van der Waals surface area contributed by atoms with Gasteiger partial charge >= 0.3 is 0 Å². The lowest BCUT2D eigenvalue weighted by Gasteiger charge is -2.05. The molecule has 0 spiro atoms. The molecule has 4 heteroatoms. The molecule has 94 valence electrons. The monoisotopic (exact) mass is 252 g/mol. The van der Waals surface area contributed by atoms with Gasteiger partial charge in [-0.1, -0.05) is 24.3 Å². The summed E-state index contributed by atoms with van der Waals surface area (Å²) in [5, 5.41) is 13.1. The number of aromatic amines is 1. The van der Waals surface area contributed by atoms with E-state index in [1.807, 2.05) is 24.3 Å². The summed E-state index contributed by atoms with van der Waals surface area (Å²) in [6, 6.07) is 16.1. The summed E-state index contributed by atoms with van der Waals surface area (Å²) >= 11 is 0. The van der Waals surface area contributed by atoms with Gasteiger partial charge in [0.2, 0.25) is 0 Å². The van der Waals surface area contributed by atoms with E-state index >= 15 is 0 Å². The molecule has 0 aliphatic heterocycles. The van der Waals surface area contributed by atoms with E-state index in [9.17, 15) is 9.90 Å². The van der Waals surface area contributed by atoms with E-state index in [-0.39, 0.29) is 11.8 Å². The van der Waals surface area contributed by atoms with Crippen LogP contribution in [0.4, 0.5) is 5.69 Å². The third kappa shape index (κ3) is 2.28. The number of nitrogens with one attached hydrogen (secondary N) is 2. The lowest BCUT2D eigenvalue weighted by atomic mass is 10.2. The highest BCUT2D eigenvalue weighted by atomic mass is 16.3. The Labute approximate surface area is 109 Å². The van der Waals surface area contributed by atoms with Crippen molar-refractivity contribution >= 4 is 22.5 Å². The molecule has 3 aromatic rings. The van der Waals surface area contributed by atoms with Crippen molar-refractivity contribution in [1.29, 1.82) is 0 Å². The van der Waals surface area contributed by atoms with Crippen LogP contribution >= 0.6 is 0 Å². The van der Waals surface area contributed by atoms with Crippen LogP contribution in [0.15, 0.2) is 54.6 Å². The van der Waals surface area contributed by atoms with Crippen molar-refractivity contribution in [2.45, 2.75) is 0 Å². The summed E-state index contributed by atoms with van der Waals surface area (Å²) in [5.41, 5.74) is 2.07. The van der Waals surface area contributed by atoms with Gasteiger partial charge in [0.05, 0.1) is 5.52 Å². The zero-order chi connectivity index (χ0) is 13.2. The van der Waals surface area contributed by atoms with Gasteiger partial charge in [0, 0.05) is 22.7 Å². The zero-order valence-corrected chi connectivity index (χ0v) is 10.1. The van der Waals surface area contributed by atoms with Gasteiger partial charge in [0.15, 0.2) is 5.88 Å². The van der Waals surface area contributed by atoms with Gasteiger partial charge in [-0.15, -0.1) is 0 Å². The van der Waals surface area contributed by atoms with Crippen molar-refractivity contribution in [3.8, 4) is 5.88 Å². The Morgan fingerprint density at radius 2 is 1.84 bits per heavy atom. The van der Waals surface area contributed by atoms with Crippen LogP contribution in [0.3, 0.4) is 0 Å². The van der Waals surface area contributed by atoms with Gasteiger partial charge in [-0.25, -0.2) is 0 Å². The number of rotatable bonds is 2. The molecule has 0 unspecified atom stereocenters. The maximum atomic E-state index is 12.0. The van der Waals surface area contributed by atoms with Gasteiger partial charge < -0.3 is 15.4 Å². The van der Waals surface area contributed by atoms with Gasteiger partial charge in [-0.05, 0) is 24.3 Å². The highest BCUT2D eigenvalue weighted by Crippen LogP contribution is 2.22. The minimum Gasteiger partial charge on any atom is -0.495 e. The van der Waals surface area contributed by atoms with Crippen LogP contribution in [0.1, 0.15) is 10.4 Å². The van der Waals surface area contributed by atoms with E-state index in [0.717, 1.165) is 10.9 Å². The summed E-state index contributed by atoms with van der Waals surface area (Å²) < 4.78 is 0. The first-order chi connectivity index (χ1) is 9.22. The van der Waals surface area contributed by atoms with E-state index in [1.165, 1.54) is 0 Å². The molecule has 3 rings (SSSR count). The smallest absolute Gasteiger partial charge is 0.255 e. The number of H-pyrrole nitrogens is 1. The van der Waals surface area contributed by atoms with Crippen LogP contribution in [0.5, 0.6) is 5.88 Å². The fourth-order valence-corrected chi connectivity index (χ4v) is 1.98. The Hall–Kier alpha value is -2.75. The predicted octanol–water partition coefficient (Wildman–Crippen LogP) is 3.13. The topological polar surface area (TPSA) is 65.1 Å². The van der Waals surface area contributed by atoms with Crippen LogP contribution in [-0.2, 0) is 0 Å². The highest BCUT2D eigenvalue weighted by molar-refractivity contribution is 6.05. The number of carbonyl (C=O) groups is 1. The molecule has 0 saturated heterocycles.